The Morgan fingerprint density at radius 1 is 0.828 bits per heavy atom. The van der Waals surface area contributed by atoms with Crippen molar-refractivity contribution in [3.63, 3.8) is 0 Å². The van der Waals surface area contributed by atoms with Crippen molar-refractivity contribution in [2.75, 3.05) is 25.6 Å². The minimum atomic E-state index is -4.26. The van der Waals surface area contributed by atoms with Crippen molar-refractivity contribution >= 4 is 51.0 Å². The molecule has 2 atom stereocenters. The van der Waals surface area contributed by atoms with E-state index in [9.17, 15) is 27.6 Å². The molecule has 0 aromatic heterocycles. The third-order valence-electron chi connectivity index (χ3n) is 10.5. The minimum Gasteiger partial charge on any atom is -0.462 e. The van der Waals surface area contributed by atoms with E-state index >= 15 is 0 Å². The summed E-state index contributed by atoms with van der Waals surface area (Å²) in [6.45, 7) is 5.94. The van der Waals surface area contributed by atoms with Crippen LogP contribution >= 0.6 is 0 Å². The maximum absolute atomic E-state index is 14.6. The van der Waals surface area contributed by atoms with Crippen LogP contribution < -0.4 is 5.32 Å². The molecule has 0 aliphatic carbocycles. The Labute approximate surface area is 342 Å². The monoisotopic (exact) mass is 815 g/mol. The van der Waals surface area contributed by atoms with Gasteiger partial charge in [-0.2, -0.15) is 0 Å². The molecule has 2 aliphatic heterocycles. The van der Waals surface area contributed by atoms with Gasteiger partial charge in [0.25, 0.3) is 21.8 Å². The highest BCUT2D eigenvalue weighted by Gasteiger charge is 2.54. The molecule has 1 saturated heterocycles. The van der Waals surface area contributed by atoms with Crippen LogP contribution in [0.2, 0.25) is 0 Å². The largest absolute Gasteiger partial charge is 0.462 e. The molecular weight excluding hydrogens is 759 g/mol. The van der Waals surface area contributed by atoms with E-state index in [1.807, 2.05) is 6.07 Å². The van der Waals surface area contributed by atoms with Crippen molar-refractivity contribution in [2.45, 2.75) is 122 Å². The third kappa shape index (κ3) is 10.7. The van der Waals surface area contributed by atoms with Crippen molar-refractivity contribution in [3.8, 4) is 0 Å². The number of esters is 1. The van der Waals surface area contributed by atoms with Gasteiger partial charge < -0.3 is 14.8 Å². The highest BCUT2D eigenvalue weighted by Crippen LogP contribution is 2.35. The number of aryl methyl sites for hydroxylation is 1. The average Bonchev–Trinajstić information content (AvgIpc) is 3.43. The van der Waals surface area contributed by atoms with Crippen LogP contribution in [0.5, 0.6) is 0 Å². The lowest BCUT2D eigenvalue weighted by atomic mass is 10.1. The second-order valence-corrected chi connectivity index (χ2v) is 16.7. The highest BCUT2D eigenvalue weighted by atomic mass is 32.2. The van der Waals surface area contributed by atoms with E-state index in [0.717, 1.165) is 30.0 Å². The molecule has 2 unspecified atom stereocenters. The van der Waals surface area contributed by atoms with Crippen molar-refractivity contribution in [1.82, 2.24) is 14.1 Å². The van der Waals surface area contributed by atoms with Gasteiger partial charge in [-0.25, -0.2) is 27.9 Å². The Bertz CT molecular complexity index is 2040. The van der Waals surface area contributed by atoms with E-state index in [0.29, 0.717) is 16.0 Å². The number of carbonyl (C=O) groups excluding carboxylic acids is 4. The van der Waals surface area contributed by atoms with E-state index in [1.54, 1.807) is 62.4 Å². The van der Waals surface area contributed by atoms with E-state index in [1.165, 1.54) is 81.5 Å². The van der Waals surface area contributed by atoms with Crippen LogP contribution in [0.15, 0.2) is 82.7 Å². The summed E-state index contributed by atoms with van der Waals surface area (Å²) >= 11 is 0. The van der Waals surface area contributed by atoms with Crippen LogP contribution in [0.3, 0.4) is 0 Å². The van der Waals surface area contributed by atoms with Crippen LogP contribution in [-0.2, 0) is 35.6 Å². The zero-order valence-electron chi connectivity index (χ0n) is 34.2. The lowest BCUT2D eigenvalue weighted by molar-refractivity contribution is -0.144. The number of likely N-dealkylation sites (N-methyl/N-ethyl adjacent to an activating group) is 1. The predicted molar refractivity (Wildman–Crippen MR) is 223 cm³/mol. The SMILES string of the molecule is CCCCCCCCCCCCCCOC(=O)c1ccc(C)c(NC(=O)C(C2=Nc3ccccc3S(=O)(=O)N2C)N2C(=O)C(OCC)N(Cc3ccccc3)C2=O)c1. The number of amidine groups is 1. The van der Waals surface area contributed by atoms with E-state index in [2.05, 4.69) is 17.2 Å². The quantitative estimate of drug-likeness (QED) is 0.0603. The number of amides is 4. The average molecular weight is 816 g/mol. The number of ether oxygens (including phenoxy) is 2. The number of nitrogens with zero attached hydrogens (tertiary/aromatic N) is 4. The van der Waals surface area contributed by atoms with E-state index < -0.39 is 46.1 Å². The number of imide groups is 1. The summed E-state index contributed by atoms with van der Waals surface area (Å²) in [6.07, 6.45) is 12.9. The fourth-order valence-electron chi connectivity index (χ4n) is 7.16. The first-order valence-corrected chi connectivity index (χ1v) is 22.0. The van der Waals surface area contributed by atoms with Gasteiger partial charge in [0.15, 0.2) is 11.9 Å². The first-order chi connectivity index (χ1) is 28.0. The first-order valence-electron chi connectivity index (χ1n) is 20.5. The number of fused-ring (bicyclic) bond motifs is 1. The van der Waals surface area contributed by atoms with Gasteiger partial charge in [-0.1, -0.05) is 126 Å². The Hall–Kier alpha value is -5.08. The van der Waals surface area contributed by atoms with Crippen molar-refractivity contribution < 1.29 is 37.1 Å². The Morgan fingerprint density at radius 2 is 1.45 bits per heavy atom. The molecule has 312 valence electrons. The van der Waals surface area contributed by atoms with Gasteiger partial charge in [0.1, 0.15) is 4.90 Å². The van der Waals surface area contributed by atoms with Gasteiger partial charge in [-0.05, 0) is 55.7 Å². The fourth-order valence-corrected chi connectivity index (χ4v) is 8.47. The zero-order valence-corrected chi connectivity index (χ0v) is 35.0. The summed E-state index contributed by atoms with van der Waals surface area (Å²) < 4.78 is 39.8. The van der Waals surface area contributed by atoms with Crippen LogP contribution in [0, 0.1) is 6.92 Å². The summed E-state index contributed by atoms with van der Waals surface area (Å²) in [7, 11) is -3.04. The number of carbonyl (C=O) groups is 4. The molecule has 13 nitrogen and oxygen atoms in total. The number of unbranched alkanes of at least 4 members (excludes halogenated alkanes) is 11. The highest BCUT2D eigenvalue weighted by molar-refractivity contribution is 7.90. The summed E-state index contributed by atoms with van der Waals surface area (Å²) in [4.78, 5) is 62.6. The number of hydrogen-bond donors (Lipinski definition) is 1. The molecule has 14 heteroatoms. The van der Waals surface area contributed by atoms with Gasteiger partial charge in [-0.3, -0.25) is 18.8 Å². The smallest absolute Gasteiger partial charge is 0.338 e. The molecule has 1 fully saturated rings. The van der Waals surface area contributed by atoms with Gasteiger partial charge in [0.2, 0.25) is 6.23 Å². The number of hydrogen-bond acceptors (Lipinski definition) is 9. The summed E-state index contributed by atoms with van der Waals surface area (Å²) in [6, 6.07) is 17.0. The summed E-state index contributed by atoms with van der Waals surface area (Å²) in [5.74, 6) is -2.72. The molecule has 3 aromatic rings. The molecule has 5 rings (SSSR count). The Morgan fingerprint density at radius 3 is 2.10 bits per heavy atom. The molecule has 0 bridgehead atoms. The topological polar surface area (TPSA) is 155 Å². The van der Waals surface area contributed by atoms with E-state index in [-0.39, 0.29) is 47.4 Å². The molecule has 0 saturated carbocycles. The molecule has 4 amide bonds. The van der Waals surface area contributed by atoms with Gasteiger partial charge in [0.05, 0.1) is 24.4 Å². The normalized spacial score (nSPS) is 16.6. The van der Waals surface area contributed by atoms with Gasteiger partial charge >= 0.3 is 12.0 Å². The number of aliphatic imine (C=N–C) groups is 1. The van der Waals surface area contributed by atoms with Crippen molar-refractivity contribution in [3.05, 3.63) is 89.5 Å². The van der Waals surface area contributed by atoms with Crippen molar-refractivity contribution in [2.24, 2.45) is 4.99 Å². The lowest BCUT2D eigenvalue weighted by Gasteiger charge is -2.33. The Balaban J connectivity index is 1.32. The van der Waals surface area contributed by atoms with E-state index in [4.69, 9.17) is 9.47 Å². The van der Waals surface area contributed by atoms with Crippen LogP contribution in [-0.4, -0.2) is 84.7 Å². The summed E-state index contributed by atoms with van der Waals surface area (Å²) in [5.41, 5.74) is 1.72. The number of benzene rings is 3. The fraction of sp³-hybridized carbons (Fsp3) is 0.477. The minimum absolute atomic E-state index is 0.0209. The lowest BCUT2D eigenvalue weighted by Crippen LogP contribution is -2.58. The second kappa shape index (κ2) is 21.1. The summed E-state index contributed by atoms with van der Waals surface area (Å²) in [5, 5.41) is 2.77. The Kier molecular flexibility index (Phi) is 16.0. The van der Waals surface area contributed by atoms with Gasteiger partial charge in [0, 0.05) is 19.3 Å². The third-order valence-corrected chi connectivity index (χ3v) is 12.3. The van der Waals surface area contributed by atoms with Gasteiger partial charge in [-0.15, -0.1) is 0 Å². The molecule has 2 heterocycles. The molecule has 1 N–H and O–H groups in total. The molecule has 3 aromatic carbocycles. The number of anilines is 1. The van der Waals surface area contributed by atoms with Crippen LogP contribution in [0.1, 0.15) is 112 Å². The molecular formula is C44H57N5O8S. The molecule has 0 radical (unpaired) electrons. The first kappa shape index (κ1) is 44.0. The second-order valence-electron chi connectivity index (χ2n) is 14.8. The van der Waals surface area contributed by atoms with Crippen LogP contribution in [0.25, 0.3) is 0 Å². The number of urea groups is 1. The molecule has 58 heavy (non-hydrogen) atoms. The number of sulfonamides is 1. The standard InChI is InChI=1S/C44H57N5O8S/c1-5-7-8-9-10-11-12-13-14-15-16-22-29-57-43(52)34-28-27-32(3)36(30-34)46-40(50)38(39-45-35-25-20-21-26-37(35)58(54,55)47(39)4)49-41(51)42(56-6-2)48(44(49)53)31-33-23-18-17-19-24-33/h17-21,23-28,30,38,42H,5-16,22,29,31H2,1-4H3,(H,46,50). The predicted octanol–water partition coefficient (Wildman–Crippen LogP) is 8.35. The number of para-hydroxylation sites is 1. The zero-order chi connectivity index (χ0) is 41.7. The number of rotatable bonds is 22. The maximum Gasteiger partial charge on any atom is 0.338 e. The van der Waals surface area contributed by atoms with Crippen molar-refractivity contribution in [1.29, 1.82) is 0 Å². The molecule has 2 aliphatic rings. The number of nitrogens with one attached hydrogen (secondary N) is 1. The maximum atomic E-state index is 14.6. The molecule has 0 spiro atoms. The van der Waals surface area contributed by atoms with Crippen LogP contribution in [0.4, 0.5) is 16.2 Å².